The highest BCUT2D eigenvalue weighted by molar-refractivity contribution is 7.92. The lowest BCUT2D eigenvalue weighted by molar-refractivity contribution is -0.120. The van der Waals surface area contributed by atoms with E-state index in [4.69, 9.17) is 4.74 Å². The summed E-state index contributed by atoms with van der Waals surface area (Å²) in [5.74, 6) is -0.851. The molecule has 0 aromatic carbocycles. The van der Waals surface area contributed by atoms with Gasteiger partial charge in [0.2, 0.25) is 0 Å². The maximum absolute atomic E-state index is 11.8. The van der Waals surface area contributed by atoms with Crippen molar-refractivity contribution in [1.29, 1.82) is 0 Å². The summed E-state index contributed by atoms with van der Waals surface area (Å²) in [4.78, 5) is 11.2. The van der Waals surface area contributed by atoms with Gasteiger partial charge in [0.05, 0.1) is 11.4 Å². The number of sulfone groups is 1. The molecule has 5 nitrogen and oxygen atoms in total. The highest BCUT2D eigenvalue weighted by Crippen LogP contribution is 2.21. The normalized spacial score (nSPS) is 26.8. The summed E-state index contributed by atoms with van der Waals surface area (Å²) in [7, 11) is -2.02. The third-order valence-corrected chi connectivity index (χ3v) is 4.70. The first-order chi connectivity index (χ1) is 6.97. The minimum atomic E-state index is -3.39. The molecule has 0 radical (unpaired) electrons. The summed E-state index contributed by atoms with van der Waals surface area (Å²) in [5, 5.41) is -0.543. The Labute approximate surface area is 89.7 Å². The van der Waals surface area contributed by atoms with Crippen LogP contribution in [0.15, 0.2) is 0 Å². The van der Waals surface area contributed by atoms with Crippen LogP contribution in [0.25, 0.3) is 0 Å². The van der Waals surface area contributed by atoms with Crippen LogP contribution < -0.4 is 0 Å². The van der Waals surface area contributed by atoms with E-state index < -0.39 is 26.6 Å². The van der Waals surface area contributed by atoms with Crippen LogP contribution in [-0.4, -0.2) is 51.6 Å². The van der Waals surface area contributed by atoms with Crippen molar-refractivity contribution in [2.24, 2.45) is 0 Å². The minimum Gasteiger partial charge on any atom is -0.377 e. The molecule has 0 N–H and O–H groups in total. The van der Waals surface area contributed by atoms with Gasteiger partial charge in [0.15, 0.2) is 15.6 Å². The second-order valence-corrected chi connectivity index (χ2v) is 5.90. The molecule has 0 aromatic heterocycles. The van der Waals surface area contributed by atoms with E-state index in [0.717, 1.165) is 0 Å². The zero-order chi connectivity index (χ0) is 11.5. The summed E-state index contributed by atoms with van der Waals surface area (Å²) in [6.07, 6.45) is 0.161. The molecule has 1 aliphatic heterocycles. The van der Waals surface area contributed by atoms with Crippen LogP contribution in [0.5, 0.6) is 0 Å². The van der Waals surface area contributed by atoms with Crippen molar-refractivity contribution >= 4 is 15.6 Å². The van der Waals surface area contributed by atoms with Gasteiger partial charge in [-0.05, 0) is 13.3 Å². The Morgan fingerprint density at radius 2 is 2.20 bits per heavy atom. The maximum Gasteiger partial charge on any atom is 0.173 e. The summed E-state index contributed by atoms with van der Waals surface area (Å²) < 4.78 is 33.3. The fourth-order valence-electron chi connectivity index (χ4n) is 1.72. The van der Waals surface area contributed by atoms with Gasteiger partial charge in [-0.2, -0.15) is 0 Å². The lowest BCUT2D eigenvalue weighted by atomic mass is 10.3. The molecule has 2 atom stereocenters. The highest BCUT2D eigenvalue weighted by atomic mass is 32.2. The Bertz CT molecular complexity index is 321. The van der Waals surface area contributed by atoms with Crippen molar-refractivity contribution in [2.45, 2.75) is 24.7 Å². The monoisotopic (exact) mass is 236 g/mol. The molecule has 0 amide bonds. The summed E-state index contributed by atoms with van der Waals surface area (Å²) in [5.41, 5.74) is 0. The molecule has 0 aliphatic carbocycles. The molecule has 0 saturated carbocycles. The second kappa shape index (κ2) is 5.05. The fraction of sp³-hybridized carbons (Fsp3) is 0.889. The third kappa shape index (κ3) is 3.25. The number of hydrogen-bond acceptors (Lipinski definition) is 5. The van der Waals surface area contributed by atoms with E-state index in [-0.39, 0.29) is 12.7 Å². The maximum atomic E-state index is 11.8. The summed E-state index contributed by atoms with van der Waals surface area (Å²) >= 11 is 0. The Balaban J connectivity index is 2.62. The Kier molecular flexibility index (Phi) is 4.24. The number of carbonyl (C=O) groups excluding carboxylic acids is 1. The first-order valence-electron chi connectivity index (χ1n) is 4.81. The number of hydrogen-bond donors (Lipinski definition) is 0. The smallest absolute Gasteiger partial charge is 0.173 e. The van der Waals surface area contributed by atoms with Gasteiger partial charge in [0, 0.05) is 13.7 Å². The Morgan fingerprint density at radius 1 is 1.53 bits per heavy atom. The first-order valence-corrected chi connectivity index (χ1v) is 6.52. The van der Waals surface area contributed by atoms with Gasteiger partial charge in [0.1, 0.15) is 12.4 Å². The van der Waals surface area contributed by atoms with Gasteiger partial charge in [-0.3, -0.25) is 4.79 Å². The zero-order valence-corrected chi connectivity index (χ0v) is 9.75. The van der Waals surface area contributed by atoms with E-state index in [1.807, 2.05) is 0 Å². The van der Waals surface area contributed by atoms with Crippen LogP contribution in [0.2, 0.25) is 0 Å². The van der Waals surface area contributed by atoms with E-state index in [2.05, 4.69) is 4.74 Å². The number of ketones is 1. The van der Waals surface area contributed by atoms with Gasteiger partial charge in [-0.25, -0.2) is 8.42 Å². The molecule has 1 aliphatic rings. The van der Waals surface area contributed by atoms with E-state index in [1.165, 1.54) is 7.11 Å². The van der Waals surface area contributed by atoms with Crippen LogP contribution in [-0.2, 0) is 24.1 Å². The SMILES string of the molecule is COCC(=O)CS(=O)(=O)C1CCOC1C. The molecule has 6 heteroatoms. The van der Waals surface area contributed by atoms with E-state index in [1.54, 1.807) is 6.92 Å². The van der Waals surface area contributed by atoms with Crippen molar-refractivity contribution in [2.75, 3.05) is 26.1 Å². The van der Waals surface area contributed by atoms with Crippen LogP contribution in [0.4, 0.5) is 0 Å². The topological polar surface area (TPSA) is 69.7 Å². The quantitative estimate of drug-likeness (QED) is 0.661. The van der Waals surface area contributed by atoms with Crippen LogP contribution >= 0.6 is 0 Å². The van der Waals surface area contributed by atoms with Gasteiger partial charge >= 0.3 is 0 Å². The average molecular weight is 236 g/mol. The standard InChI is InChI=1S/C9H16O5S/c1-7-9(3-4-14-7)15(11,12)6-8(10)5-13-2/h7,9H,3-6H2,1-2H3. The molecule has 1 rings (SSSR count). The van der Waals surface area contributed by atoms with Crippen molar-refractivity contribution in [3.05, 3.63) is 0 Å². The van der Waals surface area contributed by atoms with Crippen LogP contribution in [0, 0.1) is 0 Å². The number of carbonyl (C=O) groups is 1. The molecule has 0 aromatic rings. The summed E-state index contributed by atoms with van der Waals surface area (Å²) in [6.45, 7) is 2.01. The van der Waals surface area contributed by atoms with Gasteiger partial charge in [-0.15, -0.1) is 0 Å². The predicted molar refractivity (Wildman–Crippen MR) is 54.5 cm³/mol. The molecule has 2 unspecified atom stereocenters. The molecule has 0 spiro atoms. The molecule has 1 saturated heterocycles. The highest BCUT2D eigenvalue weighted by Gasteiger charge is 2.36. The molecule has 1 heterocycles. The minimum absolute atomic E-state index is 0.152. The van der Waals surface area contributed by atoms with Crippen molar-refractivity contribution < 1.29 is 22.7 Å². The summed E-state index contributed by atoms with van der Waals surface area (Å²) in [6, 6.07) is 0. The van der Waals surface area contributed by atoms with Crippen LogP contribution in [0.1, 0.15) is 13.3 Å². The average Bonchev–Trinajstić information content (AvgIpc) is 2.51. The third-order valence-electron chi connectivity index (χ3n) is 2.44. The molecule has 15 heavy (non-hydrogen) atoms. The van der Waals surface area contributed by atoms with E-state index in [0.29, 0.717) is 13.0 Å². The molecule has 0 bridgehead atoms. The fourth-order valence-corrected chi connectivity index (χ4v) is 3.58. The van der Waals surface area contributed by atoms with E-state index in [9.17, 15) is 13.2 Å². The largest absolute Gasteiger partial charge is 0.377 e. The lowest BCUT2D eigenvalue weighted by Gasteiger charge is -2.14. The Morgan fingerprint density at radius 3 is 2.67 bits per heavy atom. The predicted octanol–water partition coefficient (Wildman–Crippen LogP) is -0.206. The van der Waals surface area contributed by atoms with Gasteiger partial charge in [-0.1, -0.05) is 0 Å². The number of Topliss-reactive ketones (excluding diaryl/α,β-unsaturated/α-hetero) is 1. The van der Waals surface area contributed by atoms with Gasteiger partial charge in [0.25, 0.3) is 0 Å². The van der Waals surface area contributed by atoms with E-state index >= 15 is 0 Å². The first kappa shape index (κ1) is 12.6. The van der Waals surface area contributed by atoms with Gasteiger partial charge < -0.3 is 9.47 Å². The molecular weight excluding hydrogens is 220 g/mol. The molecule has 88 valence electrons. The van der Waals surface area contributed by atoms with Crippen molar-refractivity contribution in [1.82, 2.24) is 0 Å². The second-order valence-electron chi connectivity index (χ2n) is 3.68. The number of methoxy groups -OCH3 is 1. The van der Waals surface area contributed by atoms with Crippen molar-refractivity contribution in [3.63, 3.8) is 0 Å². The van der Waals surface area contributed by atoms with Crippen molar-refractivity contribution in [3.8, 4) is 0 Å². The molecule has 1 fully saturated rings. The number of rotatable bonds is 5. The zero-order valence-electron chi connectivity index (χ0n) is 8.93. The molecular formula is C9H16O5S. The lowest BCUT2D eigenvalue weighted by Crippen LogP contribution is -2.33. The Hall–Kier alpha value is -0.460. The van der Waals surface area contributed by atoms with Crippen LogP contribution in [0.3, 0.4) is 0 Å². The number of ether oxygens (including phenoxy) is 2.